The van der Waals surface area contributed by atoms with Crippen molar-refractivity contribution in [2.24, 2.45) is 5.92 Å². The van der Waals surface area contributed by atoms with Crippen molar-refractivity contribution in [3.05, 3.63) is 35.9 Å². The maximum atomic E-state index is 13.4. The van der Waals surface area contributed by atoms with Gasteiger partial charge in [-0.25, -0.2) is 0 Å². The topological polar surface area (TPSA) is 26.3 Å². The third kappa shape index (κ3) is 4.37. The Labute approximate surface area is 148 Å². The Balaban J connectivity index is 2.53. The first-order chi connectivity index (χ1) is 11.4. The molecule has 0 amide bonds. The lowest BCUT2D eigenvalue weighted by molar-refractivity contribution is -0.143. The molecule has 0 bridgehead atoms. The first kappa shape index (κ1) is 19.0. The molecule has 0 N–H and O–H groups in total. The van der Waals surface area contributed by atoms with E-state index in [1.54, 1.807) is 0 Å². The number of benzene rings is 1. The molecule has 1 unspecified atom stereocenters. The SMILES string of the molecule is C#CCCC(=O)C(O[Si](C)(C)C)(c1ccccc1)C1CCCCC1. The summed E-state index contributed by atoms with van der Waals surface area (Å²) in [5, 5.41) is 0. The molecule has 0 spiro atoms. The second-order valence-electron chi connectivity index (χ2n) is 7.78. The van der Waals surface area contributed by atoms with Crippen molar-refractivity contribution in [2.45, 2.75) is 70.2 Å². The van der Waals surface area contributed by atoms with E-state index in [9.17, 15) is 4.79 Å². The van der Waals surface area contributed by atoms with Crippen molar-refractivity contribution in [3.8, 4) is 12.3 Å². The Morgan fingerprint density at radius 2 is 1.83 bits per heavy atom. The fourth-order valence-electron chi connectivity index (χ4n) is 3.87. The van der Waals surface area contributed by atoms with Crippen LogP contribution in [0.25, 0.3) is 0 Å². The van der Waals surface area contributed by atoms with Crippen LogP contribution in [-0.4, -0.2) is 14.1 Å². The standard InChI is InChI=1S/C21H30O2Si/c1-5-6-17-20(22)21(23-24(2,3)4,18-13-9-7-10-14-18)19-15-11-8-12-16-19/h1,7,9-10,13-14,19H,6,8,11-12,15-17H2,2-4H3. The Hall–Kier alpha value is -1.37. The van der Waals surface area contributed by atoms with Crippen LogP contribution >= 0.6 is 0 Å². The van der Waals surface area contributed by atoms with Crippen molar-refractivity contribution in [1.82, 2.24) is 0 Å². The maximum absolute atomic E-state index is 13.4. The minimum absolute atomic E-state index is 0.168. The average Bonchev–Trinajstić information content (AvgIpc) is 2.58. The van der Waals surface area contributed by atoms with E-state index in [2.05, 4.69) is 37.7 Å². The molecule has 1 aromatic carbocycles. The van der Waals surface area contributed by atoms with Crippen LogP contribution in [0.3, 0.4) is 0 Å². The molecule has 3 heteroatoms. The molecule has 1 aliphatic rings. The Bertz CT molecular complexity index is 576. The molecule has 0 saturated heterocycles. The molecule has 2 rings (SSSR count). The van der Waals surface area contributed by atoms with E-state index in [4.69, 9.17) is 10.8 Å². The second kappa shape index (κ2) is 8.14. The number of hydrogen-bond donors (Lipinski definition) is 0. The van der Waals surface area contributed by atoms with Crippen LogP contribution in [0.15, 0.2) is 30.3 Å². The summed E-state index contributed by atoms with van der Waals surface area (Å²) in [4.78, 5) is 13.4. The fourth-order valence-corrected chi connectivity index (χ4v) is 5.24. The highest BCUT2D eigenvalue weighted by Gasteiger charge is 2.49. The molecule has 0 heterocycles. The van der Waals surface area contributed by atoms with Gasteiger partial charge in [-0.15, -0.1) is 12.3 Å². The van der Waals surface area contributed by atoms with E-state index in [1.165, 1.54) is 19.3 Å². The maximum Gasteiger partial charge on any atom is 0.185 e. The van der Waals surface area contributed by atoms with Crippen LogP contribution in [0.1, 0.15) is 50.5 Å². The fraction of sp³-hybridized carbons (Fsp3) is 0.571. The summed E-state index contributed by atoms with van der Waals surface area (Å²) in [5.41, 5.74) is 0.199. The van der Waals surface area contributed by atoms with Crippen LogP contribution in [0.4, 0.5) is 0 Å². The predicted octanol–water partition coefficient (Wildman–Crippen LogP) is 5.30. The smallest absolute Gasteiger partial charge is 0.185 e. The third-order valence-corrected chi connectivity index (χ3v) is 5.69. The molecule has 1 aromatic rings. The number of carbonyl (C=O) groups is 1. The highest BCUT2D eigenvalue weighted by Crippen LogP contribution is 2.45. The molecule has 1 aliphatic carbocycles. The highest BCUT2D eigenvalue weighted by atomic mass is 28.4. The number of Topliss-reactive ketones (excluding diaryl/α,β-unsaturated/α-hetero) is 1. The molecule has 24 heavy (non-hydrogen) atoms. The van der Waals surface area contributed by atoms with Crippen molar-refractivity contribution < 1.29 is 9.22 Å². The van der Waals surface area contributed by atoms with Gasteiger partial charge in [0.15, 0.2) is 14.1 Å². The number of terminal acetylenes is 1. The number of hydrogen-bond acceptors (Lipinski definition) is 2. The van der Waals surface area contributed by atoms with E-state index < -0.39 is 13.9 Å². The number of rotatable bonds is 7. The normalized spacial score (nSPS) is 18.6. The van der Waals surface area contributed by atoms with E-state index in [1.807, 2.05) is 18.2 Å². The number of ketones is 1. The van der Waals surface area contributed by atoms with Gasteiger partial charge in [0.05, 0.1) is 0 Å². The van der Waals surface area contributed by atoms with Crippen molar-refractivity contribution >= 4 is 14.1 Å². The number of carbonyl (C=O) groups excluding carboxylic acids is 1. The Morgan fingerprint density at radius 1 is 1.21 bits per heavy atom. The van der Waals surface area contributed by atoms with E-state index in [0.717, 1.165) is 18.4 Å². The lowest BCUT2D eigenvalue weighted by Crippen LogP contribution is -2.52. The van der Waals surface area contributed by atoms with Gasteiger partial charge >= 0.3 is 0 Å². The first-order valence-electron chi connectivity index (χ1n) is 9.12. The van der Waals surface area contributed by atoms with Crippen LogP contribution in [-0.2, 0) is 14.8 Å². The van der Waals surface area contributed by atoms with Crippen LogP contribution < -0.4 is 0 Å². The summed E-state index contributed by atoms with van der Waals surface area (Å²) < 4.78 is 6.73. The zero-order chi connectivity index (χ0) is 17.6. The van der Waals surface area contributed by atoms with Gasteiger partial charge in [0.1, 0.15) is 5.60 Å². The average molecular weight is 343 g/mol. The molecular formula is C21H30O2Si. The summed E-state index contributed by atoms with van der Waals surface area (Å²) in [6, 6.07) is 10.1. The van der Waals surface area contributed by atoms with Gasteiger partial charge in [-0.1, -0.05) is 49.6 Å². The lowest BCUT2D eigenvalue weighted by atomic mass is 9.70. The summed E-state index contributed by atoms with van der Waals surface area (Å²) in [5.74, 6) is 3.05. The van der Waals surface area contributed by atoms with Gasteiger partial charge in [0.2, 0.25) is 0 Å². The van der Waals surface area contributed by atoms with Gasteiger partial charge in [-0.3, -0.25) is 4.79 Å². The minimum Gasteiger partial charge on any atom is -0.401 e. The van der Waals surface area contributed by atoms with E-state index in [0.29, 0.717) is 12.8 Å². The zero-order valence-electron chi connectivity index (χ0n) is 15.3. The summed E-state index contributed by atoms with van der Waals surface area (Å²) in [6.45, 7) is 6.51. The van der Waals surface area contributed by atoms with Crippen LogP contribution in [0.5, 0.6) is 0 Å². The summed E-state index contributed by atoms with van der Waals surface area (Å²) >= 11 is 0. The van der Waals surface area contributed by atoms with Gasteiger partial charge in [0, 0.05) is 12.8 Å². The summed E-state index contributed by atoms with van der Waals surface area (Å²) in [7, 11) is -1.93. The predicted molar refractivity (Wildman–Crippen MR) is 102 cm³/mol. The van der Waals surface area contributed by atoms with Gasteiger partial charge < -0.3 is 4.43 Å². The molecule has 0 aromatic heterocycles. The molecular weight excluding hydrogens is 312 g/mol. The zero-order valence-corrected chi connectivity index (χ0v) is 16.3. The third-order valence-electron chi connectivity index (χ3n) is 4.76. The molecule has 1 saturated carbocycles. The molecule has 1 fully saturated rings. The molecule has 0 aliphatic heterocycles. The molecule has 1 atom stereocenters. The highest BCUT2D eigenvalue weighted by molar-refractivity contribution is 6.70. The molecule has 130 valence electrons. The summed E-state index contributed by atoms with van der Waals surface area (Å²) in [6.07, 6.45) is 12.0. The van der Waals surface area contributed by atoms with Gasteiger partial charge in [0.25, 0.3) is 0 Å². The van der Waals surface area contributed by atoms with Crippen LogP contribution in [0.2, 0.25) is 19.6 Å². The van der Waals surface area contributed by atoms with Crippen molar-refractivity contribution in [3.63, 3.8) is 0 Å². The van der Waals surface area contributed by atoms with Gasteiger partial charge in [-0.05, 0) is 44.0 Å². The van der Waals surface area contributed by atoms with Gasteiger partial charge in [-0.2, -0.15) is 0 Å². The second-order valence-corrected chi connectivity index (χ2v) is 12.2. The molecule has 2 nitrogen and oxygen atoms in total. The monoisotopic (exact) mass is 342 g/mol. The van der Waals surface area contributed by atoms with E-state index in [-0.39, 0.29) is 11.7 Å². The van der Waals surface area contributed by atoms with Crippen LogP contribution in [0, 0.1) is 18.3 Å². The minimum atomic E-state index is -1.93. The van der Waals surface area contributed by atoms with Crippen molar-refractivity contribution in [1.29, 1.82) is 0 Å². The van der Waals surface area contributed by atoms with E-state index >= 15 is 0 Å². The first-order valence-corrected chi connectivity index (χ1v) is 12.5. The Kier molecular flexibility index (Phi) is 6.43. The molecule has 0 radical (unpaired) electrons. The lowest BCUT2D eigenvalue weighted by Gasteiger charge is -2.45. The largest absolute Gasteiger partial charge is 0.401 e. The quantitative estimate of drug-likeness (QED) is 0.497. The van der Waals surface area contributed by atoms with Crippen molar-refractivity contribution in [2.75, 3.05) is 0 Å². The Morgan fingerprint density at radius 3 is 2.38 bits per heavy atom.